The first-order valence-corrected chi connectivity index (χ1v) is 10.3. The number of carbonyl (C=O) groups is 2. The molecule has 0 atom stereocenters. The summed E-state index contributed by atoms with van der Waals surface area (Å²) in [6, 6.07) is 8.23. The molecule has 1 aromatic heterocycles. The van der Waals surface area contributed by atoms with Gasteiger partial charge >= 0.3 is 0 Å². The fourth-order valence-electron chi connectivity index (χ4n) is 2.92. The molecule has 1 aliphatic rings. The number of benzene rings is 2. The molecule has 2 amide bonds. The third-order valence-corrected chi connectivity index (χ3v) is 5.22. The lowest BCUT2D eigenvalue weighted by Crippen LogP contribution is -2.26. The topological polar surface area (TPSA) is 89.6 Å². The maximum atomic E-state index is 13.6. The third-order valence-electron chi connectivity index (χ3n) is 4.46. The Labute approximate surface area is 180 Å². The zero-order valence-electron chi connectivity index (χ0n) is 16.1. The largest absolute Gasteiger partial charge is 0.454 e. The summed E-state index contributed by atoms with van der Waals surface area (Å²) >= 11 is 1.29. The predicted octanol–water partition coefficient (Wildman–Crippen LogP) is 3.97. The van der Waals surface area contributed by atoms with Crippen molar-refractivity contribution in [1.82, 2.24) is 10.3 Å². The Balaban J connectivity index is 1.24. The number of carbonyl (C=O) groups excluding carboxylic acids is 2. The monoisotopic (exact) mass is 445 g/mol. The number of amides is 2. The lowest BCUT2D eigenvalue weighted by atomic mass is 10.1. The Morgan fingerprint density at radius 1 is 1.10 bits per heavy atom. The molecular formula is C21H17F2N3O4S. The van der Waals surface area contributed by atoms with Gasteiger partial charge in [0, 0.05) is 30.0 Å². The van der Waals surface area contributed by atoms with Gasteiger partial charge in [-0.3, -0.25) is 9.59 Å². The normalized spacial score (nSPS) is 11.9. The van der Waals surface area contributed by atoms with Crippen LogP contribution < -0.4 is 20.1 Å². The summed E-state index contributed by atoms with van der Waals surface area (Å²) in [6.45, 7) is 0.361. The van der Waals surface area contributed by atoms with Crippen molar-refractivity contribution in [3.05, 3.63) is 59.0 Å². The molecule has 0 unspecified atom stereocenters. The van der Waals surface area contributed by atoms with Crippen LogP contribution in [-0.2, 0) is 4.79 Å². The molecule has 10 heteroatoms. The van der Waals surface area contributed by atoms with Crippen molar-refractivity contribution in [3.63, 3.8) is 0 Å². The van der Waals surface area contributed by atoms with E-state index in [1.54, 1.807) is 6.07 Å². The highest BCUT2D eigenvalue weighted by atomic mass is 32.1. The van der Waals surface area contributed by atoms with Crippen LogP contribution >= 0.6 is 11.3 Å². The van der Waals surface area contributed by atoms with Gasteiger partial charge in [0.05, 0.1) is 11.3 Å². The number of anilines is 1. The number of nitrogens with one attached hydrogen (secondary N) is 2. The van der Waals surface area contributed by atoms with Crippen LogP contribution in [-0.4, -0.2) is 30.1 Å². The van der Waals surface area contributed by atoms with E-state index in [9.17, 15) is 18.4 Å². The van der Waals surface area contributed by atoms with Gasteiger partial charge in [-0.15, -0.1) is 11.3 Å². The van der Waals surface area contributed by atoms with Crippen molar-refractivity contribution >= 4 is 28.3 Å². The number of hydrogen-bond donors (Lipinski definition) is 2. The van der Waals surface area contributed by atoms with Crippen molar-refractivity contribution in [1.29, 1.82) is 0 Å². The van der Waals surface area contributed by atoms with Crippen LogP contribution in [0.5, 0.6) is 11.5 Å². The Morgan fingerprint density at radius 3 is 2.77 bits per heavy atom. The van der Waals surface area contributed by atoms with Crippen molar-refractivity contribution < 1.29 is 27.8 Å². The van der Waals surface area contributed by atoms with Gasteiger partial charge in [0.1, 0.15) is 11.6 Å². The number of thiazole rings is 1. The molecule has 1 aliphatic heterocycles. The molecule has 0 spiro atoms. The highest BCUT2D eigenvalue weighted by molar-refractivity contribution is 7.14. The minimum absolute atomic E-state index is 0.144. The highest BCUT2D eigenvalue weighted by Gasteiger charge is 2.16. The highest BCUT2D eigenvalue weighted by Crippen LogP contribution is 2.36. The van der Waals surface area contributed by atoms with Crippen LogP contribution in [0.2, 0.25) is 0 Å². The molecule has 0 saturated heterocycles. The molecule has 0 saturated carbocycles. The second-order valence-corrected chi connectivity index (χ2v) is 7.50. The zero-order valence-corrected chi connectivity index (χ0v) is 16.9. The molecule has 0 radical (unpaired) electrons. The van der Waals surface area contributed by atoms with Gasteiger partial charge in [0.25, 0.3) is 5.91 Å². The van der Waals surface area contributed by atoms with Gasteiger partial charge in [-0.25, -0.2) is 13.8 Å². The van der Waals surface area contributed by atoms with Gasteiger partial charge in [-0.1, -0.05) is 0 Å². The maximum Gasteiger partial charge on any atom is 0.254 e. The minimum Gasteiger partial charge on any atom is -0.454 e. The van der Waals surface area contributed by atoms with Crippen molar-refractivity contribution in [2.24, 2.45) is 0 Å². The van der Waals surface area contributed by atoms with Gasteiger partial charge in [0.2, 0.25) is 12.7 Å². The van der Waals surface area contributed by atoms with Crippen LogP contribution in [0.25, 0.3) is 11.3 Å². The van der Waals surface area contributed by atoms with E-state index in [2.05, 4.69) is 15.6 Å². The van der Waals surface area contributed by atoms with E-state index in [1.807, 2.05) is 17.5 Å². The van der Waals surface area contributed by atoms with Gasteiger partial charge in [-0.2, -0.15) is 0 Å². The number of ether oxygens (including phenoxy) is 2. The second kappa shape index (κ2) is 9.09. The van der Waals surface area contributed by atoms with Crippen LogP contribution in [0.4, 0.5) is 13.9 Å². The summed E-state index contributed by atoms with van der Waals surface area (Å²) in [6.07, 6.45) is 0.492. The number of halogens is 2. The fourth-order valence-corrected chi connectivity index (χ4v) is 3.66. The molecule has 0 aliphatic carbocycles. The van der Waals surface area contributed by atoms with E-state index in [0.29, 0.717) is 34.8 Å². The Bertz CT molecular complexity index is 1140. The fraction of sp³-hybridized carbons (Fsp3) is 0.190. The second-order valence-electron chi connectivity index (χ2n) is 6.64. The summed E-state index contributed by atoms with van der Waals surface area (Å²) in [5.41, 5.74) is 1.30. The standard InChI is InChI=1S/C21H17F2N3O4S/c22-13-4-5-14(15(23)9-13)20(28)24-7-1-2-19(27)26-21-25-16(10-31-21)12-3-6-17-18(8-12)30-11-29-17/h3-6,8-10H,1-2,7,11H2,(H,24,28)(H,25,26,27). The summed E-state index contributed by atoms with van der Waals surface area (Å²) in [5, 5.41) is 7.50. The van der Waals surface area contributed by atoms with Crippen LogP contribution in [0, 0.1) is 11.6 Å². The van der Waals surface area contributed by atoms with Crippen molar-refractivity contribution in [2.75, 3.05) is 18.7 Å². The van der Waals surface area contributed by atoms with Crippen molar-refractivity contribution in [3.8, 4) is 22.8 Å². The molecule has 0 bridgehead atoms. The van der Waals surface area contributed by atoms with E-state index >= 15 is 0 Å². The number of hydrogen-bond acceptors (Lipinski definition) is 6. The summed E-state index contributed by atoms with van der Waals surface area (Å²) in [4.78, 5) is 28.5. The number of fused-ring (bicyclic) bond motifs is 1. The van der Waals surface area contributed by atoms with E-state index < -0.39 is 17.5 Å². The average Bonchev–Trinajstić information content (AvgIpc) is 3.39. The van der Waals surface area contributed by atoms with E-state index in [-0.39, 0.29) is 31.2 Å². The Morgan fingerprint density at radius 2 is 1.94 bits per heavy atom. The zero-order chi connectivity index (χ0) is 21.8. The molecule has 4 rings (SSSR count). The molecule has 31 heavy (non-hydrogen) atoms. The molecule has 2 aromatic carbocycles. The molecule has 0 fully saturated rings. The van der Waals surface area contributed by atoms with E-state index in [1.165, 1.54) is 11.3 Å². The molecule has 3 aromatic rings. The van der Waals surface area contributed by atoms with Gasteiger partial charge < -0.3 is 20.1 Å². The lowest BCUT2D eigenvalue weighted by Gasteiger charge is -2.06. The summed E-state index contributed by atoms with van der Waals surface area (Å²) < 4.78 is 37.1. The predicted molar refractivity (Wildman–Crippen MR) is 110 cm³/mol. The number of rotatable bonds is 7. The quantitative estimate of drug-likeness (QED) is 0.538. The minimum atomic E-state index is -0.933. The molecule has 2 heterocycles. The molecule has 160 valence electrons. The average molecular weight is 445 g/mol. The van der Waals surface area contributed by atoms with Crippen molar-refractivity contribution in [2.45, 2.75) is 12.8 Å². The molecule has 7 nitrogen and oxygen atoms in total. The number of nitrogens with zero attached hydrogens (tertiary/aromatic N) is 1. The van der Waals surface area contributed by atoms with Crippen LogP contribution in [0.1, 0.15) is 23.2 Å². The van der Waals surface area contributed by atoms with Crippen LogP contribution in [0.15, 0.2) is 41.8 Å². The summed E-state index contributed by atoms with van der Waals surface area (Å²) in [7, 11) is 0. The van der Waals surface area contributed by atoms with Gasteiger partial charge in [0.15, 0.2) is 16.6 Å². The lowest BCUT2D eigenvalue weighted by molar-refractivity contribution is -0.116. The SMILES string of the molecule is O=C(CCCNC(=O)c1ccc(F)cc1F)Nc1nc(-c2ccc3c(c2)OCO3)cs1. The molecule has 2 N–H and O–H groups in total. The first-order valence-electron chi connectivity index (χ1n) is 9.38. The van der Waals surface area contributed by atoms with E-state index in [0.717, 1.165) is 17.7 Å². The third kappa shape index (κ3) is 4.97. The Hall–Kier alpha value is -3.53. The number of aromatic nitrogens is 1. The smallest absolute Gasteiger partial charge is 0.254 e. The van der Waals surface area contributed by atoms with Gasteiger partial charge in [-0.05, 0) is 36.8 Å². The molecular weight excluding hydrogens is 428 g/mol. The summed E-state index contributed by atoms with van der Waals surface area (Å²) in [5.74, 6) is -1.27. The van der Waals surface area contributed by atoms with E-state index in [4.69, 9.17) is 9.47 Å². The Kier molecular flexibility index (Phi) is 6.08. The first-order chi connectivity index (χ1) is 15.0. The van der Waals surface area contributed by atoms with Crippen LogP contribution in [0.3, 0.4) is 0 Å². The maximum absolute atomic E-state index is 13.6. The first kappa shape index (κ1) is 20.7.